The molecule has 0 spiro atoms. The van der Waals surface area contributed by atoms with Gasteiger partial charge in [0.15, 0.2) is 0 Å². The summed E-state index contributed by atoms with van der Waals surface area (Å²) in [6.07, 6.45) is 0. The van der Waals surface area contributed by atoms with Gasteiger partial charge in [0, 0.05) is 23.9 Å². The Morgan fingerprint density at radius 1 is 1.16 bits per heavy atom. The summed E-state index contributed by atoms with van der Waals surface area (Å²) in [6, 6.07) is 13.6. The predicted molar refractivity (Wildman–Crippen MR) is 113 cm³/mol. The minimum Gasteiger partial charge on any atom is -0.497 e. The molecule has 0 atom stereocenters. The zero-order chi connectivity index (χ0) is 22.4. The summed E-state index contributed by atoms with van der Waals surface area (Å²) in [4.78, 5) is 12.4. The Kier molecular flexibility index (Phi) is 7.07. The highest BCUT2D eigenvalue weighted by Gasteiger charge is 2.16. The van der Waals surface area contributed by atoms with Crippen LogP contribution in [0.3, 0.4) is 0 Å². The molecule has 0 saturated heterocycles. The van der Waals surface area contributed by atoms with Crippen LogP contribution in [0.1, 0.15) is 22.5 Å². The lowest BCUT2D eigenvalue weighted by molar-refractivity contribution is -0.0493. The fourth-order valence-electron chi connectivity index (χ4n) is 3.17. The van der Waals surface area contributed by atoms with Gasteiger partial charge < -0.3 is 20.1 Å². The first kappa shape index (κ1) is 22.1. The lowest BCUT2D eigenvalue weighted by Gasteiger charge is -2.14. The molecular formula is C22H24F2N4O3. The fourth-order valence-corrected chi connectivity index (χ4v) is 3.17. The molecule has 1 heterocycles. The molecule has 0 aliphatic heterocycles. The van der Waals surface area contributed by atoms with E-state index in [-0.39, 0.29) is 18.0 Å². The van der Waals surface area contributed by atoms with Gasteiger partial charge in [0.2, 0.25) is 0 Å². The molecule has 9 heteroatoms. The second-order valence-electron chi connectivity index (χ2n) is 6.84. The molecule has 3 aromatic rings. The van der Waals surface area contributed by atoms with E-state index in [2.05, 4.69) is 20.5 Å². The lowest BCUT2D eigenvalue weighted by Crippen LogP contribution is -2.29. The maximum atomic E-state index is 12.6. The molecule has 0 radical (unpaired) electrons. The van der Waals surface area contributed by atoms with E-state index >= 15 is 0 Å². The van der Waals surface area contributed by atoms with Crippen LogP contribution in [0.5, 0.6) is 11.5 Å². The van der Waals surface area contributed by atoms with Gasteiger partial charge in [-0.15, -0.1) is 0 Å². The number of rotatable bonds is 8. The van der Waals surface area contributed by atoms with Gasteiger partial charge >= 0.3 is 12.6 Å². The fraction of sp³-hybridized carbons (Fsp3) is 0.273. The van der Waals surface area contributed by atoms with E-state index in [4.69, 9.17) is 4.74 Å². The Labute approximate surface area is 179 Å². The molecule has 0 unspecified atom stereocenters. The van der Waals surface area contributed by atoms with Crippen molar-refractivity contribution in [2.45, 2.75) is 33.5 Å². The number of carbonyl (C=O) groups is 1. The normalized spacial score (nSPS) is 10.8. The number of aromatic nitrogens is 2. The third-order valence-electron chi connectivity index (χ3n) is 4.78. The third-order valence-corrected chi connectivity index (χ3v) is 4.78. The molecule has 1 aromatic heterocycles. The first-order chi connectivity index (χ1) is 14.9. The number of hydrogen-bond acceptors (Lipinski definition) is 4. The number of ether oxygens (including phenoxy) is 2. The van der Waals surface area contributed by atoms with Gasteiger partial charge in [-0.05, 0) is 31.5 Å². The Morgan fingerprint density at radius 3 is 2.58 bits per heavy atom. The Morgan fingerprint density at radius 2 is 1.90 bits per heavy atom. The smallest absolute Gasteiger partial charge is 0.387 e. The zero-order valence-corrected chi connectivity index (χ0v) is 17.5. The molecule has 2 aromatic carbocycles. The van der Waals surface area contributed by atoms with Crippen molar-refractivity contribution in [3.05, 3.63) is 71.0 Å². The van der Waals surface area contributed by atoms with E-state index in [0.29, 0.717) is 12.3 Å². The van der Waals surface area contributed by atoms with E-state index in [9.17, 15) is 13.6 Å². The van der Waals surface area contributed by atoms with Crippen molar-refractivity contribution in [2.75, 3.05) is 12.4 Å². The Balaban J connectivity index is 1.67. The molecule has 7 nitrogen and oxygen atoms in total. The largest absolute Gasteiger partial charge is 0.497 e. The number of carbonyl (C=O) groups excluding carboxylic acids is 1. The molecule has 164 valence electrons. The van der Waals surface area contributed by atoms with E-state index in [1.54, 1.807) is 0 Å². The monoisotopic (exact) mass is 430 g/mol. The van der Waals surface area contributed by atoms with Crippen LogP contribution in [0.2, 0.25) is 0 Å². The molecular weight excluding hydrogens is 406 g/mol. The van der Waals surface area contributed by atoms with Gasteiger partial charge in [0.05, 0.1) is 25.0 Å². The molecule has 0 saturated carbocycles. The highest BCUT2D eigenvalue weighted by atomic mass is 19.3. The maximum absolute atomic E-state index is 12.6. The van der Waals surface area contributed by atoms with Gasteiger partial charge in [-0.25, -0.2) is 4.79 Å². The van der Waals surface area contributed by atoms with E-state index < -0.39 is 12.6 Å². The number of alkyl halides is 2. The number of amides is 2. The summed E-state index contributed by atoms with van der Waals surface area (Å²) >= 11 is 0. The molecule has 0 aliphatic carbocycles. The zero-order valence-electron chi connectivity index (χ0n) is 17.5. The van der Waals surface area contributed by atoms with Crippen molar-refractivity contribution in [3.8, 4) is 11.5 Å². The maximum Gasteiger partial charge on any atom is 0.387 e. The topological polar surface area (TPSA) is 77.4 Å². The number of aryl methyl sites for hydroxylation is 1. The van der Waals surface area contributed by atoms with Crippen molar-refractivity contribution in [3.63, 3.8) is 0 Å². The van der Waals surface area contributed by atoms with Crippen LogP contribution in [0.4, 0.5) is 19.3 Å². The second kappa shape index (κ2) is 9.92. The summed E-state index contributed by atoms with van der Waals surface area (Å²) in [5.41, 5.74) is 3.82. The van der Waals surface area contributed by atoms with Crippen LogP contribution in [0.15, 0.2) is 48.5 Å². The van der Waals surface area contributed by atoms with Crippen molar-refractivity contribution in [1.82, 2.24) is 15.1 Å². The van der Waals surface area contributed by atoms with Crippen LogP contribution in [0, 0.1) is 13.8 Å². The highest BCUT2D eigenvalue weighted by molar-refractivity contribution is 5.91. The first-order valence-electron chi connectivity index (χ1n) is 9.62. The van der Waals surface area contributed by atoms with Crippen LogP contribution < -0.4 is 20.1 Å². The molecule has 31 heavy (non-hydrogen) atoms. The number of benzene rings is 2. The minimum absolute atomic E-state index is 0.0744. The van der Waals surface area contributed by atoms with Gasteiger partial charge in [0.25, 0.3) is 0 Å². The minimum atomic E-state index is -3.02. The predicted octanol–water partition coefficient (Wildman–Crippen LogP) is 4.48. The summed E-state index contributed by atoms with van der Waals surface area (Å²) < 4.78 is 36.7. The van der Waals surface area contributed by atoms with Crippen LogP contribution in [-0.2, 0) is 13.1 Å². The van der Waals surface area contributed by atoms with Gasteiger partial charge in [-0.3, -0.25) is 4.68 Å². The van der Waals surface area contributed by atoms with Gasteiger partial charge in [-0.1, -0.05) is 30.3 Å². The van der Waals surface area contributed by atoms with Crippen molar-refractivity contribution < 1.29 is 23.0 Å². The molecule has 3 rings (SSSR count). The standard InChI is InChI=1S/C22H24F2N4O3/c1-14-18(15(2)28(27-14)13-16-7-5-4-6-8-16)12-25-22(29)26-19-11-17(30-3)9-10-20(19)31-21(23)24/h4-11,21H,12-13H2,1-3H3,(H2,25,26,29). The van der Waals surface area contributed by atoms with Crippen LogP contribution in [0.25, 0.3) is 0 Å². The van der Waals surface area contributed by atoms with E-state index in [0.717, 1.165) is 22.5 Å². The molecule has 0 aliphatic rings. The molecule has 0 fully saturated rings. The first-order valence-corrected chi connectivity index (χ1v) is 9.62. The number of nitrogens with zero attached hydrogens (tertiary/aromatic N) is 2. The second-order valence-corrected chi connectivity index (χ2v) is 6.84. The average Bonchev–Trinajstić information content (AvgIpc) is 3.00. The Hall–Kier alpha value is -3.62. The van der Waals surface area contributed by atoms with Crippen molar-refractivity contribution >= 4 is 11.7 Å². The lowest BCUT2D eigenvalue weighted by atomic mass is 10.2. The summed E-state index contributed by atoms with van der Waals surface area (Å²) in [6.45, 7) is 1.65. The molecule has 0 bridgehead atoms. The molecule has 2 N–H and O–H groups in total. The third kappa shape index (κ3) is 5.71. The van der Waals surface area contributed by atoms with E-state index in [1.807, 2.05) is 48.9 Å². The number of halogens is 2. The number of methoxy groups -OCH3 is 1. The van der Waals surface area contributed by atoms with Crippen LogP contribution in [-0.4, -0.2) is 29.5 Å². The summed E-state index contributed by atoms with van der Waals surface area (Å²) in [7, 11) is 1.44. The average molecular weight is 430 g/mol. The Bertz CT molecular complexity index is 1040. The molecule has 2 amide bonds. The van der Waals surface area contributed by atoms with Crippen molar-refractivity contribution in [1.29, 1.82) is 0 Å². The number of nitrogens with one attached hydrogen (secondary N) is 2. The summed E-state index contributed by atoms with van der Waals surface area (Å²) in [5, 5.41) is 9.83. The van der Waals surface area contributed by atoms with Crippen molar-refractivity contribution in [2.24, 2.45) is 0 Å². The quantitative estimate of drug-likeness (QED) is 0.552. The van der Waals surface area contributed by atoms with Crippen LogP contribution >= 0.6 is 0 Å². The highest BCUT2D eigenvalue weighted by Crippen LogP contribution is 2.30. The number of hydrogen-bond donors (Lipinski definition) is 2. The van der Waals surface area contributed by atoms with Gasteiger partial charge in [0.1, 0.15) is 11.5 Å². The summed E-state index contributed by atoms with van der Waals surface area (Å²) in [5.74, 6) is 0.236. The van der Waals surface area contributed by atoms with Gasteiger partial charge in [-0.2, -0.15) is 13.9 Å². The number of urea groups is 1. The number of anilines is 1. The SMILES string of the molecule is COc1ccc(OC(F)F)c(NC(=O)NCc2c(C)nn(Cc3ccccc3)c2C)c1. The van der Waals surface area contributed by atoms with E-state index in [1.165, 1.54) is 25.3 Å².